The van der Waals surface area contributed by atoms with Gasteiger partial charge in [0.05, 0.1) is 18.7 Å². The van der Waals surface area contributed by atoms with Gasteiger partial charge in [0.2, 0.25) is 0 Å². The summed E-state index contributed by atoms with van der Waals surface area (Å²) in [4.78, 5) is 24.2. The van der Waals surface area contributed by atoms with Gasteiger partial charge >= 0.3 is 0 Å². The van der Waals surface area contributed by atoms with Gasteiger partial charge in [-0.3, -0.25) is 9.59 Å². The number of sulfonamides is 1. The third-order valence-corrected chi connectivity index (χ3v) is 5.43. The number of methoxy groups -OCH3 is 1. The van der Waals surface area contributed by atoms with E-state index in [4.69, 9.17) is 4.74 Å². The van der Waals surface area contributed by atoms with Crippen molar-refractivity contribution in [2.45, 2.75) is 11.8 Å². The Labute approximate surface area is 141 Å². The molecule has 24 heavy (non-hydrogen) atoms. The minimum Gasteiger partial charge on any atom is -0.383 e. The normalized spacial score (nSPS) is 15.4. The lowest BCUT2D eigenvalue weighted by Gasteiger charge is -2.13. The van der Waals surface area contributed by atoms with Crippen LogP contribution in [0, 0.1) is 0 Å². The molecule has 0 saturated carbocycles. The molecule has 0 aliphatic carbocycles. The number of benzene rings is 1. The van der Waals surface area contributed by atoms with E-state index in [2.05, 4.69) is 10.6 Å². The first-order chi connectivity index (χ1) is 11.4. The summed E-state index contributed by atoms with van der Waals surface area (Å²) >= 11 is 0. The quantitative estimate of drug-likeness (QED) is 0.627. The topological polar surface area (TPSA) is 105 Å². The summed E-state index contributed by atoms with van der Waals surface area (Å²) in [7, 11) is -2.51. The summed E-state index contributed by atoms with van der Waals surface area (Å²) in [6, 6.07) is 4.08. The van der Waals surface area contributed by atoms with Crippen molar-refractivity contribution in [3.05, 3.63) is 29.3 Å². The molecule has 2 rings (SSSR count). The molecule has 0 aromatic heterocycles. The largest absolute Gasteiger partial charge is 0.383 e. The number of carbonyl (C=O) groups is 2. The van der Waals surface area contributed by atoms with Crippen molar-refractivity contribution >= 4 is 21.8 Å². The fraction of sp³-hybridized carbons (Fsp3) is 0.467. The molecule has 0 atom stereocenters. The highest BCUT2D eigenvalue weighted by molar-refractivity contribution is 7.90. The van der Waals surface area contributed by atoms with Crippen LogP contribution < -0.4 is 10.6 Å². The molecule has 8 nitrogen and oxygen atoms in total. The summed E-state index contributed by atoms with van der Waals surface area (Å²) < 4.78 is 30.6. The van der Waals surface area contributed by atoms with Crippen molar-refractivity contribution in [1.29, 1.82) is 0 Å². The molecule has 0 unspecified atom stereocenters. The van der Waals surface area contributed by atoms with Crippen molar-refractivity contribution < 1.29 is 22.7 Å². The van der Waals surface area contributed by atoms with Crippen LogP contribution in [-0.4, -0.2) is 64.4 Å². The lowest BCUT2D eigenvalue weighted by molar-refractivity contribution is 0.0835. The van der Waals surface area contributed by atoms with Gasteiger partial charge in [0, 0.05) is 25.8 Å². The van der Waals surface area contributed by atoms with Crippen molar-refractivity contribution in [3.63, 3.8) is 0 Å². The molecular weight excluding hydrogens is 334 g/mol. The summed E-state index contributed by atoms with van der Waals surface area (Å²) in [6.45, 7) is 3.85. The maximum atomic E-state index is 12.5. The molecule has 0 spiro atoms. The van der Waals surface area contributed by atoms with Crippen LogP contribution in [0.4, 0.5) is 0 Å². The zero-order valence-corrected chi connectivity index (χ0v) is 14.5. The van der Waals surface area contributed by atoms with Crippen LogP contribution in [0.1, 0.15) is 27.6 Å². The van der Waals surface area contributed by atoms with Crippen LogP contribution in [0.15, 0.2) is 23.1 Å². The number of amides is 2. The molecule has 0 radical (unpaired) electrons. The fourth-order valence-corrected chi connectivity index (χ4v) is 3.93. The Kier molecular flexibility index (Phi) is 5.92. The molecule has 0 bridgehead atoms. The van der Waals surface area contributed by atoms with Crippen LogP contribution in [0.5, 0.6) is 0 Å². The van der Waals surface area contributed by atoms with Crippen molar-refractivity contribution in [1.82, 2.24) is 14.9 Å². The number of likely N-dealkylation sites (N-methyl/N-ethyl adjacent to an activating group) is 1. The molecule has 1 heterocycles. The number of carbonyl (C=O) groups excluding carboxylic acids is 2. The van der Waals surface area contributed by atoms with E-state index in [1.54, 1.807) is 0 Å². The molecule has 1 aliphatic heterocycles. The smallest absolute Gasteiger partial charge is 0.269 e. The van der Waals surface area contributed by atoms with Gasteiger partial charge in [0.15, 0.2) is 0 Å². The number of rotatable bonds is 8. The van der Waals surface area contributed by atoms with Gasteiger partial charge in [-0.25, -0.2) is 12.7 Å². The Hall–Kier alpha value is -1.97. The standard InChI is InChI=1S/C15H21N3O5S/c1-3-16-6-7-17-14(19)11-4-5-12-13(10-11)24(21,22)18(15(12)20)8-9-23-2/h4-5,10,16H,3,6-9H2,1-2H3,(H,17,19). The first-order valence-electron chi connectivity index (χ1n) is 7.62. The van der Waals surface area contributed by atoms with Gasteiger partial charge in [-0.15, -0.1) is 0 Å². The minimum absolute atomic E-state index is 0.0590. The zero-order valence-electron chi connectivity index (χ0n) is 13.7. The van der Waals surface area contributed by atoms with Crippen LogP contribution >= 0.6 is 0 Å². The Morgan fingerprint density at radius 1 is 1.29 bits per heavy atom. The lowest BCUT2D eigenvalue weighted by Crippen LogP contribution is -2.33. The lowest BCUT2D eigenvalue weighted by atomic mass is 10.1. The second-order valence-corrected chi connectivity index (χ2v) is 7.03. The number of nitrogens with one attached hydrogen (secondary N) is 2. The van der Waals surface area contributed by atoms with Crippen molar-refractivity contribution in [2.24, 2.45) is 0 Å². The second kappa shape index (κ2) is 7.73. The molecule has 132 valence electrons. The van der Waals surface area contributed by atoms with Gasteiger partial charge in [-0.1, -0.05) is 6.92 Å². The van der Waals surface area contributed by atoms with E-state index in [0.717, 1.165) is 10.8 Å². The van der Waals surface area contributed by atoms with Crippen LogP contribution in [0.2, 0.25) is 0 Å². The molecule has 1 aliphatic rings. The molecule has 9 heteroatoms. The Morgan fingerprint density at radius 2 is 2.04 bits per heavy atom. The predicted octanol–water partition coefficient (Wildman–Crippen LogP) is -0.183. The number of nitrogens with zero attached hydrogens (tertiary/aromatic N) is 1. The summed E-state index contributed by atoms with van der Waals surface area (Å²) in [5, 5.41) is 5.76. The van der Waals surface area contributed by atoms with E-state index >= 15 is 0 Å². The highest BCUT2D eigenvalue weighted by atomic mass is 32.2. The van der Waals surface area contributed by atoms with Crippen molar-refractivity contribution in [2.75, 3.05) is 39.9 Å². The van der Waals surface area contributed by atoms with E-state index in [1.807, 2.05) is 6.92 Å². The van der Waals surface area contributed by atoms with E-state index in [1.165, 1.54) is 25.3 Å². The second-order valence-electron chi connectivity index (χ2n) is 5.20. The SMILES string of the molecule is CCNCCNC(=O)c1ccc2c(c1)S(=O)(=O)N(CCOC)C2=O. The molecule has 1 aromatic carbocycles. The van der Waals surface area contributed by atoms with E-state index in [9.17, 15) is 18.0 Å². The molecule has 2 amide bonds. The van der Waals surface area contributed by atoms with E-state index < -0.39 is 15.9 Å². The first-order valence-corrected chi connectivity index (χ1v) is 9.06. The molecule has 1 aromatic rings. The van der Waals surface area contributed by atoms with E-state index in [-0.39, 0.29) is 35.1 Å². The maximum absolute atomic E-state index is 12.5. The van der Waals surface area contributed by atoms with Crippen LogP contribution in [-0.2, 0) is 14.8 Å². The first kappa shape index (κ1) is 18.4. The molecule has 0 saturated heterocycles. The molecular formula is C15H21N3O5S. The third-order valence-electron chi connectivity index (χ3n) is 3.60. The number of hydrogen-bond donors (Lipinski definition) is 2. The average Bonchev–Trinajstić information content (AvgIpc) is 2.76. The van der Waals surface area contributed by atoms with Gasteiger partial charge in [-0.05, 0) is 24.7 Å². The highest BCUT2D eigenvalue weighted by Gasteiger charge is 2.41. The monoisotopic (exact) mass is 355 g/mol. The fourth-order valence-electron chi connectivity index (χ4n) is 2.36. The number of hydrogen-bond acceptors (Lipinski definition) is 6. The molecule has 2 N–H and O–H groups in total. The van der Waals surface area contributed by atoms with Crippen LogP contribution in [0.25, 0.3) is 0 Å². The Bertz CT molecular complexity index is 733. The Balaban J connectivity index is 2.20. The number of ether oxygens (including phenoxy) is 1. The Morgan fingerprint density at radius 3 is 2.71 bits per heavy atom. The van der Waals surface area contributed by atoms with E-state index in [0.29, 0.717) is 13.1 Å². The summed E-state index contributed by atoms with van der Waals surface area (Å²) in [6.07, 6.45) is 0. The zero-order chi connectivity index (χ0) is 17.7. The van der Waals surface area contributed by atoms with Crippen molar-refractivity contribution in [3.8, 4) is 0 Å². The number of fused-ring (bicyclic) bond motifs is 1. The average molecular weight is 355 g/mol. The van der Waals surface area contributed by atoms with Gasteiger partial charge in [0.1, 0.15) is 4.90 Å². The summed E-state index contributed by atoms with van der Waals surface area (Å²) in [5.74, 6) is -0.977. The third kappa shape index (κ3) is 3.58. The summed E-state index contributed by atoms with van der Waals surface area (Å²) in [5.41, 5.74) is 0.283. The van der Waals surface area contributed by atoms with Crippen LogP contribution in [0.3, 0.4) is 0 Å². The van der Waals surface area contributed by atoms with Gasteiger partial charge in [-0.2, -0.15) is 0 Å². The molecule has 0 fully saturated rings. The van der Waals surface area contributed by atoms with Gasteiger partial charge < -0.3 is 15.4 Å². The maximum Gasteiger partial charge on any atom is 0.269 e. The predicted molar refractivity (Wildman–Crippen MR) is 87.4 cm³/mol. The highest BCUT2D eigenvalue weighted by Crippen LogP contribution is 2.30. The minimum atomic E-state index is -3.94. The van der Waals surface area contributed by atoms with Gasteiger partial charge in [0.25, 0.3) is 21.8 Å².